The molecule has 0 saturated carbocycles. The van der Waals surface area contributed by atoms with E-state index < -0.39 is 42.1 Å². The van der Waals surface area contributed by atoms with Gasteiger partial charge in [-0.05, 0) is 157 Å². The fourth-order valence-corrected chi connectivity index (χ4v) is 15.0. The molecule has 101 heavy (non-hydrogen) atoms. The first-order chi connectivity index (χ1) is 48.8. The summed E-state index contributed by atoms with van der Waals surface area (Å²) in [5.41, 5.74) is 15.9. The molecule has 7 N–H and O–H groups in total. The zero-order chi connectivity index (χ0) is 71.0. The molecule has 2 aliphatic heterocycles. The minimum Gasteiger partial charge on any atom is -0.492 e. The van der Waals surface area contributed by atoms with E-state index in [1.54, 1.807) is 73.6 Å². The normalized spacial score (nSPS) is 14.7. The molecule has 22 nitrogen and oxygen atoms in total. The van der Waals surface area contributed by atoms with E-state index in [0.29, 0.717) is 64.4 Å². The highest BCUT2D eigenvalue weighted by Gasteiger charge is 2.38. The van der Waals surface area contributed by atoms with Crippen molar-refractivity contribution < 1.29 is 57.3 Å². The van der Waals surface area contributed by atoms with Crippen molar-refractivity contribution in [2.24, 2.45) is 17.6 Å². The van der Waals surface area contributed by atoms with E-state index in [9.17, 15) is 38.4 Å². The molecule has 3 aromatic heterocycles. The molecule has 5 heterocycles. The summed E-state index contributed by atoms with van der Waals surface area (Å²) in [5.74, 6) is -2.17. The second-order valence-corrected chi connectivity index (χ2v) is 27.9. The first kappa shape index (κ1) is 70.6. The van der Waals surface area contributed by atoms with Gasteiger partial charge in [0.2, 0.25) is 11.8 Å². The summed E-state index contributed by atoms with van der Waals surface area (Å²) in [6.07, 6.45) is 1.46. The molecule has 526 valence electrons. The Balaban J connectivity index is 0.621. The Bertz CT molecular complexity index is 4550. The number of rotatable bonds is 28. The predicted molar refractivity (Wildman–Crippen MR) is 392 cm³/mol. The van der Waals surface area contributed by atoms with Gasteiger partial charge in [-0.1, -0.05) is 80.9 Å². The largest absolute Gasteiger partial charge is 0.492 e. The van der Waals surface area contributed by atoms with Gasteiger partial charge >= 0.3 is 18.3 Å². The number of nitrogens with zero attached hydrogens (tertiary/aromatic N) is 4. The molecule has 24 heteroatoms. The van der Waals surface area contributed by atoms with E-state index in [2.05, 4.69) is 30.8 Å². The molecule has 6 aromatic carbocycles. The molecule has 1 fully saturated rings. The van der Waals surface area contributed by atoms with Gasteiger partial charge in [-0.2, -0.15) is 0 Å². The maximum absolute atomic E-state index is 14.7. The number of aromatic amines is 2. The molecule has 12 rings (SSSR count). The number of hydrogen-bond donors (Lipinski definition) is 6. The summed E-state index contributed by atoms with van der Waals surface area (Å²) in [6.45, 7) is 9.67. The number of ketones is 1. The number of anilines is 3. The van der Waals surface area contributed by atoms with Crippen molar-refractivity contribution in [1.29, 1.82) is 0 Å². The number of thiophene rings is 1. The van der Waals surface area contributed by atoms with E-state index in [0.717, 1.165) is 79.8 Å². The van der Waals surface area contributed by atoms with Crippen LogP contribution >= 0.6 is 22.9 Å². The van der Waals surface area contributed by atoms with Crippen LogP contribution in [0.5, 0.6) is 11.5 Å². The number of ether oxygens (including phenoxy) is 4. The third kappa shape index (κ3) is 16.3. The van der Waals surface area contributed by atoms with Crippen LogP contribution in [0.15, 0.2) is 133 Å². The molecule has 0 spiro atoms. The van der Waals surface area contributed by atoms with Gasteiger partial charge < -0.3 is 65.3 Å². The third-order valence-electron chi connectivity index (χ3n) is 19.2. The molecular formula is C77H83ClN10O12S. The third-order valence-corrected chi connectivity index (χ3v) is 20.7. The number of alkyl halides is 1. The molecule has 7 amide bonds. The monoisotopic (exact) mass is 1410 g/mol. The van der Waals surface area contributed by atoms with Crippen LogP contribution in [0.4, 0.5) is 31.4 Å². The average molecular weight is 1410 g/mol. The van der Waals surface area contributed by atoms with E-state index in [4.69, 9.17) is 36.3 Å². The minimum absolute atomic E-state index is 0.0692. The number of H-pyrrole nitrogens is 2. The summed E-state index contributed by atoms with van der Waals surface area (Å²) < 4.78 is 24.3. The summed E-state index contributed by atoms with van der Waals surface area (Å²) >= 11 is 8.09. The average Bonchev–Trinajstić information content (AvgIpc) is 1.59. The number of carbonyl (C=O) groups excluding carboxylic acids is 8. The topological polar surface area (TPSA) is 280 Å². The molecule has 0 radical (unpaired) electrons. The number of benzene rings is 6. The number of likely N-dealkylation sites (tertiary alicyclic amines) is 1. The van der Waals surface area contributed by atoms with Gasteiger partial charge in [0, 0.05) is 121 Å². The van der Waals surface area contributed by atoms with Gasteiger partial charge in [0.1, 0.15) is 37.0 Å². The van der Waals surface area contributed by atoms with E-state index in [1.807, 2.05) is 98.9 Å². The van der Waals surface area contributed by atoms with Crippen molar-refractivity contribution >= 4 is 120 Å². The maximum Gasteiger partial charge on any atom is 0.415 e. The van der Waals surface area contributed by atoms with Gasteiger partial charge in [0.25, 0.3) is 11.8 Å². The number of primary amides is 1. The number of fused-ring (bicyclic) bond motifs is 8. The number of hydrogen-bond acceptors (Lipinski definition) is 14. The van der Waals surface area contributed by atoms with Crippen LogP contribution in [-0.2, 0) is 30.5 Å². The van der Waals surface area contributed by atoms with Gasteiger partial charge in [-0.15, -0.1) is 22.9 Å². The number of nitrogens with one attached hydrogen (secondary N) is 5. The van der Waals surface area contributed by atoms with Crippen molar-refractivity contribution in [3.05, 3.63) is 172 Å². The summed E-state index contributed by atoms with van der Waals surface area (Å²) in [4.78, 5) is 122. The molecule has 1 saturated heterocycles. The summed E-state index contributed by atoms with van der Waals surface area (Å²) in [7, 11) is 3.10. The van der Waals surface area contributed by atoms with Crippen LogP contribution in [0.3, 0.4) is 0 Å². The molecule has 0 unspecified atom stereocenters. The zero-order valence-corrected chi connectivity index (χ0v) is 58.7. The van der Waals surface area contributed by atoms with Crippen LogP contribution in [-0.4, -0.2) is 151 Å². The van der Waals surface area contributed by atoms with Crippen molar-refractivity contribution in [3.8, 4) is 22.6 Å². The van der Waals surface area contributed by atoms with Crippen molar-refractivity contribution in [3.63, 3.8) is 0 Å². The van der Waals surface area contributed by atoms with Gasteiger partial charge in [0.05, 0.1) is 16.4 Å². The molecular weight excluding hydrogens is 1320 g/mol. The number of likely N-dealkylation sites (N-methyl/N-ethyl adjacent to an activating group) is 2. The van der Waals surface area contributed by atoms with E-state index in [-0.39, 0.29) is 99.1 Å². The van der Waals surface area contributed by atoms with E-state index in [1.165, 1.54) is 34.0 Å². The second kappa shape index (κ2) is 31.5. The zero-order valence-electron chi connectivity index (χ0n) is 57.2. The fraction of sp³-hybridized carbons (Fsp3) is 0.351. The number of Topliss-reactive ketones (excluding diaryl/α,β-unsaturated/α-hetero) is 1. The predicted octanol–water partition coefficient (Wildman–Crippen LogP) is 13.7. The highest BCUT2D eigenvalue weighted by atomic mass is 35.5. The van der Waals surface area contributed by atoms with Crippen LogP contribution in [0.25, 0.3) is 43.0 Å². The van der Waals surface area contributed by atoms with Crippen molar-refractivity contribution in [2.75, 3.05) is 88.0 Å². The molecule has 3 atom stereocenters. The highest BCUT2D eigenvalue weighted by molar-refractivity contribution is 7.17. The van der Waals surface area contributed by atoms with Gasteiger partial charge in [-0.25, -0.2) is 14.4 Å². The number of aryl methyl sites for hydroxylation is 1. The number of nitrogens with two attached hydrogens (primary N) is 1. The van der Waals surface area contributed by atoms with E-state index >= 15 is 0 Å². The Labute approximate surface area is 594 Å². The maximum atomic E-state index is 14.7. The Morgan fingerprint density at radius 1 is 0.752 bits per heavy atom. The Morgan fingerprint density at radius 2 is 1.42 bits per heavy atom. The number of aromatic nitrogens is 2. The molecule has 0 bridgehead atoms. The lowest BCUT2D eigenvalue weighted by atomic mass is 9.89. The smallest absolute Gasteiger partial charge is 0.415 e. The fourth-order valence-electron chi connectivity index (χ4n) is 13.7. The van der Waals surface area contributed by atoms with Crippen LogP contribution in [0, 0.1) is 18.8 Å². The lowest BCUT2D eigenvalue weighted by Crippen LogP contribution is -2.46. The minimum atomic E-state index is -0.946. The Hall–Kier alpha value is -10.2. The quantitative estimate of drug-likeness (QED) is 0.0197. The lowest BCUT2D eigenvalue weighted by Gasteiger charge is -2.24. The van der Waals surface area contributed by atoms with Gasteiger partial charge in [0.15, 0.2) is 11.5 Å². The standard InChI is InChI=1S/C77H83ClN10O12S/c1-45(2)70(84-75(94)98-43-59-57-17-9-7-15-55(57)56-16-8-10-18-58(56)59)65(89)38-48(14-6-11-19-67(79)90)72(91)80-52-22-20-47(21-23-52)42-99-76(95)85(4)30-31-86(5)77(96)100-66-39-64-69(68-46(3)44-101-71(66)68)51(40-78)41-88(64)74(93)63-37-49-34-53(24-26-60(49)83-63)81-73(92)62-36-50-35-54(25-27-61(50)82-62)97-33-32-87-28-12-13-29-87/h7-10,15-18,20-27,34-37,39,44-45,48,51,59,70,82-83H,6,11-14,19,28-33,38,40-43H2,1-5H3,(H2,79,90)(H,80,91)(H,81,92)(H,84,94)/t48-,51-,70+/m1/s1. The lowest BCUT2D eigenvalue weighted by molar-refractivity contribution is -0.128. The van der Waals surface area contributed by atoms with Gasteiger partial charge in [-0.3, -0.25) is 28.9 Å². The Kier molecular flexibility index (Phi) is 22.1. The molecule has 3 aliphatic rings. The number of amides is 7. The number of unbranched alkanes of at least 4 members (excludes halogenated alkanes) is 1. The highest BCUT2D eigenvalue weighted by Crippen LogP contribution is 2.50. The first-order valence-electron chi connectivity index (χ1n) is 34.2. The number of carbonyl (C=O) groups is 8. The number of alkyl carbamates (subject to hydrolysis) is 1. The van der Waals surface area contributed by atoms with Crippen molar-refractivity contribution in [2.45, 2.75) is 90.2 Å². The van der Waals surface area contributed by atoms with Crippen molar-refractivity contribution in [1.82, 2.24) is 30.0 Å². The summed E-state index contributed by atoms with van der Waals surface area (Å²) in [6, 6.07) is 38.2. The molecule has 1 aliphatic carbocycles. The second-order valence-electron chi connectivity index (χ2n) is 26.7. The van der Waals surface area contributed by atoms with Crippen LogP contribution in [0.1, 0.15) is 119 Å². The summed E-state index contributed by atoms with van der Waals surface area (Å²) in [5, 5.41) is 13.1. The molecule has 9 aromatic rings. The number of halogens is 1. The SMILES string of the molecule is Cc1csc2c(OC(=O)N(C)CCN(C)C(=O)OCc3ccc(NC(=O)[C@H](CCCCC(N)=O)CC(=O)[C@@H](NC(=O)OCC4c5ccccc5-c5ccccc54)C(C)C)cc3)cc3c(c12)[C@H](CCl)CN3C(=O)c1cc2cc(NC(=O)c3cc4cc(OCCN5CCCC5)ccc4[nH]3)ccc2[nH]1. The van der Waals surface area contributed by atoms with Crippen LogP contribution in [0.2, 0.25) is 0 Å². The van der Waals surface area contributed by atoms with Crippen LogP contribution < -0.4 is 36.1 Å². The Morgan fingerprint density at radius 3 is 2.12 bits per heavy atom. The first-order valence-corrected chi connectivity index (χ1v) is 35.7.